The second kappa shape index (κ2) is 3.63. The fraction of sp³-hybridized carbons (Fsp3) is 0.857. The highest BCUT2D eigenvalue weighted by Crippen LogP contribution is 2.15. The Balaban J connectivity index is 2.65. The van der Waals surface area contributed by atoms with Gasteiger partial charge in [-0.2, -0.15) is 0 Å². The number of aliphatic carboxylic acids is 1. The van der Waals surface area contributed by atoms with Crippen molar-refractivity contribution < 1.29 is 18.3 Å². The fourth-order valence-corrected chi connectivity index (χ4v) is 3.00. The van der Waals surface area contributed by atoms with Crippen LogP contribution in [0.2, 0.25) is 0 Å². The second-order valence-electron chi connectivity index (χ2n) is 3.37. The minimum absolute atomic E-state index is 0.454. The molecular weight excluding hydrogens is 194 g/mol. The van der Waals surface area contributed by atoms with Gasteiger partial charge >= 0.3 is 5.97 Å². The zero-order chi connectivity index (χ0) is 10.1. The Kier molecular flexibility index (Phi) is 2.92. The molecule has 1 rings (SSSR count). The number of carbonyl (C=O) groups is 1. The van der Waals surface area contributed by atoms with Gasteiger partial charge in [-0.1, -0.05) is 0 Å². The molecule has 0 aromatic carbocycles. The van der Waals surface area contributed by atoms with E-state index in [2.05, 4.69) is 0 Å². The summed E-state index contributed by atoms with van der Waals surface area (Å²) in [6.07, 6.45) is 0.548. The molecule has 0 radical (unpaired) electrons. The zero-order valence-electron chi connectivity index (χ0n) is 7.43. The monoisotopic (exact) mass is 207 g/mol. The zero-order valence-corrected chi connectivity index (χ0v) is 8.25. The number of sulfone groups is 1. The van der Waals surface area contributed by atoms with Gasteiger partial charge in [0.25, 0.3) is 0 Å². The number of hydrogen-bond acceptors (Lipinski definition) is 4. The van der Waals surface area contributed by atoms with E-state index < -0.39 is 26.8 Å². The van der Waals surface area contributed by atoms with E-state index in [1.165, 1.54) is 0 Å². The SMILES string of the molecule is CN1CCC(S(=O)(=O)CC(=O)O)C1. The first-order valence-corrected chi connectivity index (χ1v) is 5.75. The first-order chi connectivity index (χ1) is 5.92. The Hall–Kier alpha value is -0.620. The first kappa shape index (κ1) is 10.5. The minimum atomic E-state index is -3.43. The van der Waals surface area contributed by atoms with Crippen LogP contribution in [0, 0.1) is 0 Å². The van der Waals surface area contributed by atoms with Crippen molar-refractivity contribution in [3.05, 3.63) is 0 Å². The molecule has 1 atom stereocenters. The van der Waals surface area contributed by atoms with Crippen LogP contribution in [0.1, 0.15) is 6.42 Å². The van der Waals surface area contributed by atoms with Crippen molar-refractivity contribution in [1.82, 2.24) is 4.90 Å². The third-order valence-electron chi connectivity index (χ3n) is 2.18. The quantitative estimate of drug-likeness (QED) is 0.655. The molecule has 5 nitrogen and oxygen atoms in total. The Morgan fingerprint density at radius 1 is 1.62 bits per heavy atom. The average molecular weight is 207 g/mol. The molecule has 0 bridgehead atoms. The van der Waals surface area contributed by atoms with Crippen LogP contribution >= 0.6 is 0 Å². The summed E-state index contributed by atoms with van der Waals surface area (Å²) in [6, 6.07) is 0. The Labute approximate surface area is 77.3 Å². The van der Waals surface area contributed by atoms with Crippen LogP contribution in [0.3, 0.4) is 0 Å². The van der Waals surface area contributed by atoms with Crippen LogP contribution < -0.4 is 0 Å². The van der Waals surface area contributed by atoms with Crippen molar-refractivity contribution in [3.8, 4) is 0 Å². The highest BCUT2D eigenvalue weighted by molar-refractivity contribution is 7.92. The highest BCUT2D eigenvalue weighted by Gasteiger charge is 2.32. The smallest absolute Gasteiger partial charge is 0.318 e. The number of hydrogen-bond donors (Lipinski definition) is 1. The molecule has 6 heteroatoms. The topological polar surface area (TPSA) is 74.7 Å². The number of carboxylic acid groups (broad SMARTS) is 1. The molecule has 1 unspecified atom stereocenters. The lowest BCUT2D eigenvalue weighted by Crippen LogP contribution is -2.30. The summed E-state index contributed by atoms with van der Waals surface area (Å²) in [5.41, 5.74) is 0. The summed E-state index contributed by atoms with van der Waals surface area (Å²) in [5.74, 6) is -2.01. The van der Waals surface area contributed by atoms with Gasteiger partial charge < -0.3 is 10.0 Å². The summed E-state index contributed by atoms with van der Waals surface area (Å²) in [5, 5.41) is 7.89. The molecular formula is C7H13NO4S. The highest BCUT2D eigenvalue weighted by atomic mass is 32.2. The minimum Gasteiger partial charge on any atom is -0.480 e. The van der Waals surface area contributed by atoms with E-state index in [-0.39, 0.29) is 0 Å². The van der Waals surface area contributed by atoms with Crippen LogP contribution in [0.5, 0.6) is 0 Å². The molecule has 0 aliphatic carbocycles. The van der Waals surface area contributed by atoms with Gasteiger partial charge in [0.2, 0.25) is 0 Å². The normalized spacial score (nSPS) is 24.8. The number of carboxylic acids is 1. The number of nitrogens with zero attached hydrogens (tertiary/aromatic N) is 1. The van der Waals surface area contributed by atoms with Gasteiger partial charge in [0.1, 0.15) is 5.75 Å². The summed E-state index contributed by atoms with van der Waals surface area (Å²) in [7, 11) is -1.60. The van der Waals surface area contributed by atoms with E-state index >= 15 is 0 Å². The standard InChI is InChI=1S/C7H13NO4S/c1-8-3-2-6(4-8)13(11,12)5-7(9)10/h6H,2-5H2,1H3,(H,9,10). The average Bonchev–Trinajstić information content (AvgIpc) is 2.32. The molecule has 76 valence electrons. The van der Waals surface area contributed by atoms with E-state index in [1.54, 1.807) is 0 Å². The van der Waals surface area contributed by atoms with Crippen molar-refractivity contribution in [2.75, 3.05) is 25.9 Å². The molecule has 1 heterocycles. The summed E-state index contributed by atoms with van der Waals surface area (Å²) >= 11 is 0. The lowest BCUT2D eigenvalue weighted by molar-refractivity contribution is -0.134. The summed E-state index contributed by atoms with van der Waals surface area (Å²) in [4.78, 5) is 12.2. The van der Waals surface area contributed by atoms with Crippen LogP contribution in [0.25, 0.3) is 0 Å². The van der Waals surface area contributed by atoms with Gasteiger partial charge in [-0.25, -0.2) is 8.42 Å². The summed E-state index contributed by atoms with van der Waals surface area (Å²) in [6.45, 7) is 1.18. The molecule has 1 saturated heterocycles. The molecule has 0 amide bonds. The molecule has 1 fully saturated rings. The van der Waals surface area contributed by atoms with Crippen molar-refractivity contribution in [1.29, 1.82) is 0 Å². The van der Waals surface area contributed by atoms with Crippen molar-refractivity contribution in [3.63, 3.8) is 0 Å². The van der Waals surface area contributed by atoms with Gasteiger partial charge in [-0.3, -0.25) is 4.79 Å². The fourth-order valence-electron chi connectivity index (χ4n) is 1.48. The predicted octanol–water partition coefficient (Wildman–Crippen LogP) is -0.810. The van der Waals surface area contributed by atoms with Crippen molar-refractivity contribution >= 4 is 15.8 Å². The molecule has 0 aromatic heterocycles. The predicted molar refractivity (Wildman–Crippen MR) is 47.3 cm³/mol. The molecule has 0 spiro atoms. The lowest BCUT2D eigenvalue weighted by atomic mass is 10.4. The third-order valence-corrected chi connectivity index (χ3v) is 4.23. The lowest BCUT2D eigenvalue weighted by Gasteiger charge is -2.09. The van der Waals surface area contributed by atoms with Gasteiger partial charge in [0.05, 0.1) is 5.25 Å². The van der Waals surface area contributed by atoms with Crippen molar-refractivity contribution in [2.24, 2.45) is 0 Å². The molecule has 1 aliphatic rings. The maximum atomic E-state index is 11.4. The van der Waals surface area contributed by atoms with Gasteiger partial charge in [0, 0.05) is 6.54 Å². The van der Waals surface area contributed by atoms with E-state index in [0.29, 0.717) is 13.0 Å². The number of rotatable bonds is 3. The Morgan fingerprint density at radius 3 is 2.62 bits per heavy atom. The van der Waals surface area contributed by atoms with Crippen LogP contribution in [-0.2, 0) is 14.6 Å². The van der Waals surface area contributed by atoms with Crippen LogP contribution in [0.15, 0.2) is 0 Å². The molecule has 0 aromatic rings. The molecule has 13 heavy (non-hydrogen) atoms. The second-order valence-corrected chi connectivity index (χ2v) is 5.65. The van der Waals surface area contributed by atoms with Gasteiger partial charge in [-0.15, -0.1) is 0 Å². The molecule has 1 aliphatic heterocycles. The Bertz CT molecular complexity index is 298. The van der Waals surface area contributed by atoms with E-state index in [1.807, 2.05) is 11.9 Å². The first-order valence-electron chi connectivity index (χ1n) is 4.04. The number of likely N-dealkylation sites (tertiary alicyclic amines) is 1. The third kappa shape index (κ3) is 2.67. The van der Waals surface area contributed by atoms with Crippen LogP contribution in [-0.4, -0.2) is 55.5 Å². The maximum Gasteiger partial charge on any atom is 0.318 e. The largest absolute Gasteiger partial charge is 0.480 e. The molecule has 0 saturated carbocycles. The Morgan fingerprint density at radius 2 is 2.23 bits per heavy atom. The van der Waals surface area contributed by atoms with E-state index in [4.69, 9.17) is 5.11 Å². The van der Waals surface area contributed by atoms with E-state index in [0.717, 1.165) is 6.54 Å². The summed E-state index contributed by atoms with van der Waals surface area (Å²) < 4.78 is 22.8. The van der Waals surface area contributed by atoms with Crippen molar-refractivity contribution in [2.45, 2.75) is 11.7 Å². The van der Waals surface area contributed by atoms with Crippen LogP contribution in [0.4, 0.5) is 0 Å². The maximum absolute atomic E-state index is 11.4. The van der Waals surface area contributed by atoms with Gasteiger partial charge in [0.15, 0.2) is 9.84 Å². The molecule has 1 N–H and O–H groups in total. The van der Waals surface area contributed by atoms with Gasteiger partial charge in [-0.05, 0) is 20.0 Å². The van der Waals surface area contributed by atoms with E-state index in [9.17, 15) is 13.2 Å².